The second kappa shape index (κ2) is 9.27. The van der Waals surface area contributed by atoms with Crippen molar-refractivity contribution in [2.24, 2.45) is 5.92 Å². The number of hydrogen-bond acceptors (Lipinski definition) is 4. The van der Waals surface area contributed by atoms with Crippen LogP contribution in [-0.2, 0) is 21.2 Å². The molecular formula is C22H32BrN3O3S. The number of halogens is 1. The van der Waals surface area contributed by atoms with Crippen LogP contribution in [0.1, 0.15) is 51.0 Å². The van der Waals surface area contributed by atoms with Crippen LogP contribution in [-0.4, -0.2) is 62.8 Å². The first-order valence-corrected chi connectivity index (χ1v) is 13.4. The van der Waals surface area contributed by atoms with E-state index in [0.717, 1.165) is 37.1 Å². The minimum atomic E-state index is -3.59. The molecule has 4 rings (SSSR count). The number of carbonyl (C=O) groups excluding carboxylic acids is 1. The normalized spacial score (nSPS) is 22.1. The maximum atomic E-state index is 13.4. The van der Waals surface area contributed by atoms with Gasteiger partial charge in [-0.25, -0.2) is 8.42 Å². The Morgan fingerprint density at radius 1 is 1.03 bits per heavy atom. The summed E-state index contributed by atoms with van der Waals surface area (Å²) in [7, 11) is -3.59. The summed E-state index contributed by atoms with van der Waals surface area (Å²) in [5.74, 6) is 0.528. The molecule has 3 aliphatic heterocycles. The van der Waals surface area contributed by atoms with Crippen molar-refractivity contribution in [2.45, 2.75) is 56.8 Å². The molecule has 0 aromatic heterocycles. The number of fused-ring (bicyclic) bond motifs is 1. The van der Waals surface area contributed by atoms with Crippen molar-refractivity contribution in [3.63, 3.8) is 0 Å². The molecule has 8 heteroatoms. The van der Waals surface area contributed by atoms with Gasteiger partial charge in [-0.15, -0.1) is 0 Å². The number of hydrogen-bond donors (Lipinski definition) is 0. The molecule has 0 unspecified atom stereocenters. The van der Waals surface area contributed by atoms with Gasteiger partial charge in [0, 0.05) is 43.3 Å². The molecule has 0 aliphatic carbocycles. The lowest BCUT2D eigenvalue weighted by Crippen LogP contribution is -2.42. The lowest BCUT2D eigenvalue weighted by atomic mass is 9.97. The van der Waals surface area contributed by atoms with Crippen LogP contribution in [0.5, 0.6) is 0 Å². The van der Waals surface area contributed by atoms with Crippen molar-refractivity contribution in [1.82, 2.24) is 9.21 Å². The minimum Gasteiger partial charge on any atom is -0.312 e. The molecule has 2 fully saturated rings. The van der Waals surface area contributed by atoms with E-state index in [-0.39, 0.29) is 10.8 Å². The van der Waals surface area contributed by atoms with E-state index in [2.05, 4.69) is 20.8 Å². The van der Waals surface area contributed by atoms with Crippen LogP contribution in [0.15, 0.2) is 21.5 Å². The lowest BCUT2D eigenvalue weighted by molar-refractivity contribution is -0.116. The number of anilines is 1. The predicted molar refractivity (Wildman–Crippen MR) is 122 cm³/mol. The van der Waals surface area contributed by atoms with Crippen LogP contribution in [0.4, 0.5) is 5.69 Å². The quantitative estimate of drug-likeness (QED) is 0.636. The number of carbonyl (C=O) groups is 1. The predicted octanol–water partition coefficient (Wildman–Crippen LogP) is 3.63. The molecule has 1 aromatic rings. The maximum absolute atomic E-state index is 13.4. The van der Waals surface area contributed by atoms with E-state index < -0.39 is 10.0 Å². The highest BCUT2D eigenvalue weighted by molar-refractivity contribution is 9.10. The zero-order chi connectivity index (χ0) is 21.3. The van der Waals surface area contributed by atoms with E-state index in [4.69, 9.17) is 0 Å². The molecule has 0 spiro atoms. The summed E-state index contributed by atoms with van der Waals surface area (Å²) in [5, 5.41) is 0. The number of piperidine rings is 1. The Balaban J connectivity index is 1.45. The molecule has 0 saturated carbocycles. The van der Waals surface area contributed by atoms with Crippen molar-refractivity contribution in [3.05, 3.63) is 22.2 Å². The van der Waals surface area contributed by atoms with Gasteiger partial charge < -0.3 is 9.80 Å². The van der Waals surface area contributed by atoms with Crippen molar-refractivity contribution >= 4 is 37.5 Å². The van der Waals surface area contributed by atoms with E-state index in [1.54, 1.807) is 15.3 Å². The first-order valence-electron chi connectivity index (χ1n) is 11.2. The van der Waals surface area contributed by atoms with E-state index in [9.17, 15) is 13.2 Å². The molecule has 0 radical (unpaired) electrons. The second-order valence-electron chi connectivity index (χ2n) is 8.89. The molecule has 166 valence electrons. The summed E-state index contributed by atoms with van der Waals surface area (Å²) in [4.78, 5) is 16.5. The van der Waals surface area contributed by atoms with Crippen molar-refractivity contribution in [1.29, 1.82) is 0 Å². The summed E-state index contributed by atoms with van der Waals surface area (Å²) in [6.45, 7) is 6.76. The fourth-order valence-corrected chi connectivity index (χ4v) is 7.61. The number of likely N-dealkylation sites (tertiary alicyclic amines) is 1. The van der Waals surface area contributed by atoms with Gasteiger partial charge in [0.2, 0.25) is 15.9 Å². The van der Waals surface area contributed by atoms with Gasteiger partial charge in [0.15, 0.2) is 0 Å². The third-order valence-electron chi connectivity index (χ3n) is 6.82. The van der Waals surface area contributed by atoms with E-state index in [0.29, 0.717) is 30.0 Å². The number of sulfonamides is 1. The second-order valence-corrected chi connectivity index (χ2v) is 11.7. The highest BCUT2D eigenvalue weighted by Crippen LogP contribution is 2.37. The van der Waals surface area contributed by atoms with Gasteiger partial charge in [-0.3, -0.25) is 4.79 Å². The highest BCUT2D eigenvalue weighted by Gasteiger charge is 2.33. The highest BCUT2D eigenvalue weighted by atomic mass is 79.9. The Bertz CT molecular complexity index is 889. The number of nitrogens with zero attached hydrogens (tertiary/aromatic N) is 3. The summed E-state index contributed by atoms with van der Waals surface area (Å²) in [6.07, 6.45) is 7.84. The van der Waals surface area contributed by atoms with Crippen LogP contribution >= 0.6 is 15.9 Å². The summed E-state index contributed by atoms with van der Waals surface area (Å²) >= 11 is 3.48. The maximum Gasteiger partial charge on any atom is 0.244 e. The van der Waals surface area contributed by atoms with Gasteiger partial charge in [0.05, 0.1) is 4.90 Å². The standard InChI is InChI=1S/C22H32BrN3O3S/c1-17(27)26-13-8-19-14-20(23)22(15-21(19)26)30(28,29)25-11-6-18(7-12-25)16-24-9-4-2-3-5-10-24/h14-15,18H,2-13,16H2,1H3. The van der Waals surface area contributed by atoms with Crippen LogP contribution in [0.2, 0.25) is 0 Å². The molecule has 3 heterocycles. The van der Waals surface area contributed by atoms with Crippen molar-refractivity contribution < 1.29 is 13.2 Å². The smallest absolute Gasteiger partial charge is 0.244 e. The van der Waals surface area contributed by atoms with Crippen molar-refractivity contribution in [3.8, 4) is 0 Å². The largest absolute Gasteiger partial charge is 0.312 e. The fourth-order valence-electron chi connectivity index (χ4n) is 5.07. The zero-order valence-corrected chi connectivity index (χ0v) is 20.2. The van der Waals surface area contributed by atoms with E-state index in [1.807, 2.05) is 6.07 Å². The first kappa shape index (κ1) is 22.2. The molecular weight excluding hydrogens is 466 g/mol. The molecule has 1 aromatic carbocycles. The average Bonchev–Trinajstić information content (AvgIpc) is 2.95. The molecule has 0 N–H and O–H groups in total. The fraction of sp³-hybridized carbons (Fsp3) is 0.682. The van der Waals surface area contributed by atoms with Crippen LogP contribution in [0, 0.1) is 5.92 Å². The van der Waals surface area contributed by atoms with Crippen LogP contribution in [0.25, 0.3) is 0 Å². The van der Waals surface area contributed by atoms with Gasteiger partial charge in [0.1, 0.15) is 0 Å². The molecule has 2 saturated heterocycles. The van der Waals surface area contributed by atoms with E-state index in [1.165, 1.54) is 45.7 Å². The molecule has 3 aliphatic rings. The number of amides is 1. The Morgan fingerprint density at radius 3 is 2.33 bits per heavy atom. The van der Waals surface area contributed by atoms with Crippen molar-refractivity contribution in [2.75, 3.05) is 44.2 Å². The molecule has 0 atom stereocenters. The summed E-state index contributed by atoms with van der Waals surface area (Å²) in [5.41, 5.74) is 1.76. The topological polar surface area (TPSA) is 60.9 Å². The Morgan fingerprint density at radius 2 is 1.70 bits per heavy atom. The molecule has 30 heavy (non-hydrogen) atoms. The number of benzene rings is 1. The first-order chi connectivity index (χ1) is 14.4. The summed E-state index contributed by atoms with van der Waals surface area (Å²) in [6, 6.07) is 3.56. The Kier molecular flexibility index (Phi) is 6.87. The average molecular weight is 498 g/mol. The Labute approximate surface area is 188 Å². The SMILES string of the molecule is CC(=O)N1CCc2cc(Br)c(S(=O)(=O)N3CCC(CN4CCCCCC4)CC3)cc21. The van der Waals surface area contributed by atoms with Crippen LogP contribution in [0.3, 0.4) is 0 Å². The summed E-state index contributed by atoms with van der Waals surface area (Å²) < 4.78 is 29.0. The zero-order valence-electron chi connectivity index (χ0n) is 17.8. The number of rotatable bonds is 4. The molecule has 0 bridgehead atoms. The van der Waals surface area contributed by atoms with Crippen LogP contribution < -0.4 is 4.90 Å². The molecule has 1 amide bonds. The van der Waals surface area contributed by atoms with Gasteiger partial charge in [-0.2, -0.15) is 4.31 Å². The van der Waals surface area contributed by atoms with Gasteiger partial charge in [-0.05, 0) is 84.7 Å². The minimum absolute atomic E-state index is 0.0475. The third-order valence-corrected chi connectivity index (χ3v) is 9.67. The Hall–Kier alpha value is -0.960. The molecule has 6 nitrogen and oxygen atoms in total. The van der Waals surface area contributed by atoms with Gasteiger partial charge in [-0.1, -0.05) is 12.8 Å². The lowest BCUT2D eigenvalue weighted by Gasteiger charge is -2.34. The van der Waals surface area contributed by atoms with Gasteiger partial charge >= 0.3 is 0 Å². The third kappa shape index (κ3) is 4.61. The van der Waals surface area contributed by atoms with Gasteiger partial charge in [0.25, 0.3) is 0 Å². The monoisotopic (exact) mass is 497 g/mol. The van der Waals surface area contributed by atoms with E-state index >= 15 is 0 Å².